The third-order valence-electron chi connectivity index (χ3n) is 4.54. The number of hydrogen-bond donors (Lipinski definition) is 0. The van der Waals surface area contributed by atoms with E-state index in [0.717, 1.165) is 5.75 Å². The molecule has 0 unspecified atom stereocenters. The molecular weight excluding hydrogens is 268 g/mol. The summed E-state index contributed by atoms with van der Waals surface area (Å²) in [7, 11) is 0. The lowest BCUT2D eigenvalue weighted by Crippen LogP contribution is -2.03. The molecule has 0 spiro atoms. The molecule has 0 saturated carbocycles. The Morgan fingerprint density at radius 1 is 0.773 bits per heavy atom. The smallest absolute Gasteiger partial charge is 0.127 e. The molecule has 1 heteroatoms. The summed E-state index contributed by atoms with van der Waals surface area (Å²) in [6.45, 7) is 0.622. The largest absolute Gasteiger partial charge is 0.488 e. The lowest BCUT2D eigenvalue weighted by molar-refractivity contribution is 0.310. The van der Waals surface area contributed by atoms with E-state index in [4.69, 9.17) is 4.74 Å². The molecule has 3 aromatic carbocycles. The Hall–Kier alpha value is -2.28. The van der Waals surface area contributed by atoms with Gasteiger partial charge in [-0.1, -0.05) is 48.5 Å². The van der Waals surface area contributed by atoms with Crippen LogP contribution in [0.25, 0.3) is 10.8 Å². The average molecular weight is 288 g/mol. The van der Waals surface area contributed by atoms with Gasteiger partial charge in [-0.3, -0.25) is 0 Å². The van der Waals surface area contributed by atoms with Crippen LogP contribution in [-0.2, 0) is 19.4 Å². The molecule has 3 aromatic rings. The Balaban J connectivity index is 1.68. The zero-order valence-corrected chi connectivity index (χ0v) is 12.7. The molecule has 0 radical (unpaired) electrons. The molecule has 0 aliphatic heterocycles. The van der Waals surface area contributed by atoms with Crippen molar-refractivity contribution >= 4 is 10.8 Å². The molecule has 1 aliphatic carbocycles. The second-order valence-electron chi connectivity index (χ2n) is 6.08. The van der Waals surface area contributed by atoms with E-state index in [-0.39, 0.29) is 0 Å². The highest BCUT2D eigenvalue weighted by Crippen LogP contribution is 2.32. The first-order valence-corrected chi connectivity index (χ1v) is 8.11. The van der Waals surface area contributed by atoms with Gasteiger partial charge in [-0.15, -0.1) is 0 Å². The Morgan fingerprint density at radius 3 is 2.36 bits per heavy atom. The molecular formula is C21H20O. The van der Waals surface area contributed by atoms with Crippen molar-refractivity contribution in [1.82, 2.24) is 0 Å². The van der Waals surface area contributed by atoms with Crippen LogP contribution in [-0.4, -0.2) is 0 Å². The van der Waals surface area contributed by atoms with Crippen LogP contribution in [0.3, 0.4) is 0 Å². The molecule has 4 rings (SSSR count). The van der Waals surface area contributed by atoms with E-state index in [0.29, 0.717) is 6.61 Å². The Kier molecular flexibility index (Phi) is 3.56. The van der Waals surface area contributed by atoms with Crippen molar-refractivity contribution in [3.63, 3.8) is 0 Å². The van der Waals surface area contributed by atoms with Crippen LogP contribution in [0.4, 0.5) is 0 Å². The van der Waals surface area contributed by atoms with Gasteiger partial charge in [0.25, 0.3) is 0 Å². The molecule has 0 atom stereocenters. The Morgan fingerprint density at radius 2 is 1.55 bits per heavy atom. The van der Waals surface area contributed by atoms with Crippen molar-refractivity contribution in [3.8, 4) is 5.75 Å². The van der Waals surface area contributed by atoms with E-state index in [9.17, 15) is 0 Å². The summed E-state index contributed by atoms with van der Waals surface area (Å²) in [4.78, 5) is 0. The van der Waals surface area contributed by atoms with Gasteiger partial charge in [0.1, 0.15) is 12.4 Å². The molecule has 0 fully saturated rings. The first-order chi connectivity index (χ1) is 10.9. The summed E-state index contributed by atoms with van der Waals surface area (Å²) in [6, 6.07) is 21.4. The lowest BCUT2D eigenvalue weighted by Gasteiger charge is -2.18. The molecule has 0 amide bonds. The Labute approximate surface area is 131 Å². The van der Waals surface area contributed by atoms with Crippen molar-refractivity contribution in [2.75, 3.05) is 0 Å². The SMILES string of the molecule is c1ccc(COc2cccc3cc4c(cc23)CCCC4)cc1. The van der Waals surface area contributed by atoms with Gasteiger partial charge in [-0.25, -0.2) is 0 Å². The van der Waals surface area contributed by atoms with E-state index in [1.165, 1.54) is 53.1 Å². The van der Waals surface area contributed by atoms with Crippen molar-refractivity contribution in [2.45, 2.75) is 32.3 Å². The number of rotatable bonds is 3. The number of fused-ring (bicyclic) bond motifs is 2. The normalized spacial score (nSPS) is 13.8. The predicted molar refractivity (Wildman–Crippen MR) is 91.4 cm³/mol. The van der Waals surface area contributed by atoms with Gasteiger partial charge in [0.15, 0.2) is 0 Å². The van der Waals surface area contributed by atoms with Crippen LogP contribution in [0.1, 0.15) is 29.5 Å². The van der Waals surface area contributed by atoms with Crippen LogP contribution in [0.15, 0.2) is 60.7 Å². The molecule has 1 nitrogen and oxygen atoms in total. The van der Waals surface area contributed by atoms with Crippen molar-refractivity contribution in [1.29, 1.82) is 0 Å². The minimum atomic E-state index is 0.622. The lowest BCUT2D eigenvalue weighted by atomic mass is 9.89. The zero-order valence-electron chi connectivity index (χ0n) is 12.7. The van der Waals surface area contributed by atoms with Crippen LogP contribution < -0.4 is 4.74 Å². The first-order valence-electron chi connectivity index (χ1n) is 8.11. The van der Waals surface area contributed by atoms with Crippen LogP contribution in [0, 0.1) is 0 Å². The van der Waals surface area contributed by atoms with Gasteiger partial charge in [0.2, 0.25) is 0 Å². The molecule has 0 saturated heterocycles. The van der Waals surface area contributed by atoms with Crippen molar-refractivity contribution in [3.05, 3.63) is 77.4 Å². The topological polar surface area (TPSA) is 9.23 Å². The number of hydrogen-bond acceptors (Lipinski definition) is 1. The maximum absolute atomic E-state index is 6.10. The maximum Gasteiger partial charge on any atom is 0.127 e. The maximum atomic E-state index is 6.10. The minimum Gasteiger partial charge on any atom is -0.488 e. The third-order valence-corrected chi connectivity index (χ3v) is 4.54. The summed E-state index contributed by atoms with van der Waals surface area (Å²) < 4.78 is 6.10. The fourth-order valence-corrected chi connectivity index (χ4v) is 3.35. The molecule has 0 N–H and O–H groups in total. The summed E-state index contributed by atoms with van der Waals surface area (Å²) in [5.41, 5.74) is 4.24. The van der Waals surface area contributed by atoms with Gasteiger partial charge in [0.05, 0.1) is 0 Å². The molecule has 110 valence electrons. The number of ether oxygens (including phenoxy) is 1. The number of aryl methyl sites for hydroxylation is 2. The van der Waals surface area contributed by atoms with Crippen LogP contribution in [0.2, 0.25) is 0 Å². The van der Waals surface area contributed by atoms with E-state index in [1.54, 1.807) is 0 Å². The second kappa shape index (κ2) is 5.84. The van der Waals surface area contributed by atoms with E-state index in [1.807, 2.05) is 6.07 Å². The molecule has 22 heavy (non-hydrogen) atoms. The predicted octanol–water partition coefficient (Wildman–Crippen LogP) is 5.30. The fraction of sp³-hybridized carbons (Fsp3) is 0.238. The van der Waals surface area contributed by atoms with Crippen molar-refractivity contribution in [2.24, 2.45) is 0 Å². The van der Waals surface area contributed by atoms with Crippen LogP contribution in [0.5, 0.6) is 5.75 Å². The second-order valence-corrected chi connectivity index (χ2v) is 6.08. The van der Waals surface area contributed by atoms with Gasteiger partial charge in [-0.05, 0) is 59.9 Å². The standard InChI is InChI=1S/C21H20O/c1-2-7-16(8-3-1)15-22-21-12-6-11-19-13-17-9-4-5-10-18(17)14-20(19)21/h1-3,6-8,11-14H,4-5,9-10,15H2. The van der Waals surface area contributed by atoms with Gasteiger partial charge in [0, 0.05) is 5.39 Å². The summed E-state index contributed by atoms with van der Waals surface area (Å²) in [5, 5.41) is 2.55. The van der Waals surface area contributed by atoms with E-state index in [2.05, 4.69) is 54.6 Å². The summed E-state index contributed by atoms with van der Waals surface area (Å²) in [5.74, 6) is 0.995. The summed E-state index contributed by atoms with van der Waals surface area (Å²) in [6.07, 6.45) is 5.06. The highest BCUT2D eigenvalue weighted by molar-refractivity contribution is 5.89. The highest BCUT2D eigenvalue weighted by Gasteiger charge is 2.12. The third kappa shape index (κ3) is 2.59. The quantitative estimate of drug-likeness (QED) is 0.635. The molecule has 0 heterocycles. The van der Waals surface area contributed by atoms with E-state index >= 15 is 0 Å². The van der Waals surface area contributed by atoms with Crippen molar-refractivity contribution < 1.29 is 4.74 Å². The number of benzene rings is 3. The Bertz CT molecular complexity index is 790. The molecule has 1 aliphatic rings. The first kappa shape index (κ1) is 13.4. The molecule has 0 bridgehead atoms. The molecule has 0 aromatic heterocycles. The average Bonchev–Trinajstić information content (AvgIpc) is 2.59. The minimum absolute atomic E-state index is 0.622. The fourth-order valence-electron chi connectivity index (χ4n) is 3.35. The summed E-state index contributed by atoms with van der Waals surface area (Å²) >= 11 is 0. The van der Waals surface area contributed by atoms with Gasteiger partial charge < -0.3 is 4.74 Å². The van der Waals surface area contributed by atoms with E-state index < -0.39 is 0 Å². The zero-order chi connectivity index (χ0) is 14.8. The van der Waals surface area contributed by atoms with Gasteiger partial charge in [-0.2, -0.15) is 0 Å². The highest BCUT2D eigenvalue weighted by atomic mass is 16.5. The van der Waals surface area contributed by atoms with Crippen LogP contribution >= 0.6 is 0 Å². The van der Waals surface area contributed by atoms with Gasteiger partial charge >= 0.3 is 0 Å². The monoisotopic (exact) mass is 288 g/mol.